The molecular formula is C21H26N4O. The minimum atomic E-state index is -0.160. The number of pyridine rings is 1. The Morgan fingerprint density at radius 1 is 1.23 bits per heavy atom. The van der Waals surface area contributed by atoms with Gasteiger partial charge in [-0.05, 0) is 55.2 Å². The zero-order valence-corrected chi connectivity index (χ0v) is 15.2. The fraction of sp³-hybridized carbons (Fsp3) is 0.333. The second kappa shape index (κ2) is 8.52. The van der Waals surface area contributed by atoms with Crippen LogP contribution in [0.5, 0.6) is 0 Å². The summed E-state index contributed by atoms with van der Waals surface area (Å²) < 4.78 is 0. The number of rotatable bonds is 6. The summed E-state index contributed by atoms with van der Waals surface area (Å²) in [6.07, 6.45) is 5.81. The van der Waals surface area contributed by atoms with E-state index in [-0.39, 0.29) is 5.91 Å². The Kier molecular flexibility index (Phi) is 5.89. The van der Waals surface area contributed by atoms with Crippen LogP contribution in [-0.4, -0.2) is 30.5 Å². The Bertz CT molecular complexity index is 732. The number of hydrogen-bond donors (Lipinski definition) is 2. The monoisotopic (exact) mass is 350 g/mol. The number of nitrogens with one attached hydrogen (secondary N) is 2. The van der Waals surface area contributed by atoms with Gasteiger partial charge in [0, 0.05) is 37.2 Å². The summed E-state index contributed by atoms with van der Waals surface area (Å²) in [4.78, 5) is 19.0. The molecule has 1 aliphatic heterocycles. The first-order valence-electron chi connectivity index (χ1n) is 9.13. The maximum atomic E-state index is 12.4. The van der Waals surface area contributed by atoms with E-state index in [1.54, 1.807) is 24.4 Å². The SMILES string of the molecule is C=CCNc1ccc(C(=O)Nc2ccc(N3CCC(C)CC3)cc2)cn1. The van der Waals surface area contributed by atoms with Crippen molar-refractivity contribution < 1.29 is 4.79 Å². The lowest BCUT2D eigenvalue weighted by Gasteiger charge is -2.32. The van der Waals surface area contributed by atoms with Gasteiger partial charge in [0.1, 0.15) is 5.82 Å². The van der Waals surface area contributed by atoms with Crippen LogP contribution in [0.2, 0.25) is 0 Å². The highest BCUT2D eigenvalue weighted by Gasteiger charge is 2.16. The molecule has 1 aromatic carbocycles. The van der Waals surface area contributed by atoms with Gasteiger partial charge in [0.05, 0.1) is 5.56 Å². The second-order valence-electron chi connectivity index (χ2n) is 6.77. The van der Waals surface area contributed by atoms with Crippen LogP contribution in [0.1, 0.15) is 30.1 Å². The standard InChI is InChI=1S/C21H26N4O/c1-3-12-22-20-9-4-17(15-23-20)21(26)24-18-5-7-19(8-6-18)25-13-10-16(2)11-14-25/h3-9,15-16H,1,10-14H2,2H3,(H,22,23)(H,24,26). The first-order chi connectivity index (χ1) is 12.7. The highest BCUT2D eigenvalue weighted by atomic mass is 16.1. The summed E-state index contributed by atoms with van der Waals surface area (Å²) in [6, 6.07) is 11.6. The topological polar surface area (TPSA) is 57.3 Å². The number of carbonyl (C=O) groups is 1. The zero-order chi connectivity index (χ0) is 18.4. The molecule has 0 radical (unpaired) electrons. The highest BCUT2D eigenvalue weighted by Crippen LogP contribution is 2.24. The molecule has 0 atom stereocenters. The van der Waals surface area contributed by atoms with E-state index in [1.807, 2.05) is 12.1 Å². The summed E-state index contributed by atoms with van der Waals surface area (Å²) in [5, 5.41) is 6.01. The molecule has 5 heteroatoms. The van der Waals surface area contributed by atoms with Crippen LogP contribution >= 0.6 is 0 Å². The molecule has 5 nitrogen and oxygen atoms in total. The molecular weight excluding hydrogens is 324 g/mol. The van der Waals surface area contributed by atoms with Crippen molar-refractivity contribution in [2.75, 3.05) is 35.2 Å². The van der Waals surface area contributed by atoms with Gasteiger partial charge in [-0.3, -0.25) is 4.79 Å². The molecule has 2 aromatic rings. The average molecular weight is 350 g/mol. The second-order valence-corrected chi connectivity index (χ2v) is 6.77. The molecule has 0 bridgehead atoms. The fourth-order valence-corrected chi connectivity index (χ4v) is 3.04. The van der Waals surface area contributed by atoms with Crippen molar-refractivity contribution in [3.63, 3.8) is 0 Å². The van der Waals surface area contributed by atoms with Crippen LogP contribution in [0.25, 0.3) is 0 Å². The lowest BCUT2D eigenvalue weighted by Crippen LogP contribution is -2.32. The molecule has 136 valence electrons. The van der Waals surface area contributed by atoms with E-state index in [1.165, 1.54) is 18.5 Å². The molecule has 0 saturated carbocycles. The van der Waals surface area contributed by atoms with Crippen molar-refractivity contribution in [1.29, 1.82) is 0 Å². The molecule has 1 amide bonds. The Morgan fingerprint density at radius 2 is 1.96 bits per heavy atom. The van der Waals surface area contributed by atoms with Crippen LogP contribution < -0.4 is 15.5 Å². The summed E-state index contributed by atoms with van der Waals surface area (Å²) in [6.45, 7) is 8.81. The quantitative estimate of drug-likeness (QED) is 0.768. The third-order valence-corrected chi connectivity index (χ3v) is 4.73. The van der Waals surface area contributed by atoms with Gasteiger partial charge < -0.3 is 15.5 Å². The Hall–Kier alpha value is -2.82. The van der Waals surface area contributed by atoms with Gasteiger partial charge in [-0.25, -0.2) is 4.98 Å². The Morgan fingerprint density at radius 3 is 2.58 bits per heavy atom. The van der Waals surface area contributed by atoms with Crippen LogP contribution in [0.4, 0.5) is 17.2 Å². The molecule has 2 N–H and O–H groups in total. The van der Waals surface area contributed by atoms with E-state index < -0.39 is 0 Å². The lowest BCUT2D eigenvalue weighted by molar-refractivity contribution is 0.102. The molecule has 1 aromatic heterocycles. The fourth-order valence-electron chi connectivity index (χ4n) is 3.04. The number of amides is 1. The van der Waals surface area contributed by atoms with Gasteiger partial charge in [-0.15, -0.1) is 6.58 Å². The van der Waals surface area contributed by atoms with Crippen LogP contribution in [0, 0.1) is 5.92 Å². The van der Waals surface area contributed by atoms with Crippen molar-refractivity contribution in [1.82, 2.24) is 4.98 Å². The number of aromatic nitrogens is 1. The summed E-state index contributed by atoms with van der Waals surface area (Å²) in [5.41, 5.74) is 2.54. The number of piperidine rings is 1. The van der Waals surface area contributed by atoms with E-state index in [0.717, 1.165) is 30.5 Å². The molecule has 1 aliphatic rings. The molecule has 0 spiro atoms. The normalized spacial score (nSPS) is 14.7. The van der Waals surface area contributed by atoms with E-state index in [0.29, 0.717) is 12.1 Å². The van der Waals surface area contributed by atoms with Gasteiger partial charge in [-0.1, -0.05) is 13.0 Å². The third kappa shape index (κ3) is 4.63. The highest BCUT2D eigenvalue weighted by molar-refractivity contribution is 6.04. The van der Waals surface area contributed by atoms with E-state index in [9.17, 15) is 4.79 Å². The summed E-state index contributed by atoms with van der Waals surface area (Å²) in [5.74, 6) is 1.38. The van der Waals surface area contributed by atoms with Gasteiger partial charge in [0.25, 0.3) is 5.91 Å². The van der Waals surface area contributed by atoms with Crippen LogP contribution in [-0.2, 0) is 0 Å². The molecule has 0 unspecified atom stereocenters. The number of hydrogen-bond acceptors (Lipinski definition) is 4. The first-order valence-corrected chi connectivity index (χ1v) is 9.13. The van der Waals surface area contributed by atoms with Crippen molar-refractivity contribution in [2.24, 2.45) is 5.92 Å². The van der Waals surface area contributed by atoms with Gasteiger partial charge >= 0.3 is 0 Å². The van der Waals surface area contributed by atoms with Gasteiger partial charge in [-0.2, -0.15) is 0 Å². The predicted octanol–water partition coefficient (Wildman–Crippen LogP) is 4.17. The smallest absolute Gasteiger partial charge is 0.257 e. The molecule has 1 fully saturated rings. The number of nitrogens with zero attached hydrogens (tertiary/aromatic N) is 2. The van der Waals surface area contributed by atoms with Gasteiger partial charge in [0.2, 0.25) is 0 Å². The van der Waals surface area contributed by atoms with Crippen molar-refractivity contribution in [2.45, 2.75) is 19.8 Å². The van der Waals surface area contributed by atoms with Crippen LogP contribution in [0.15, 0.2) is 55.3 Å². The third-order valence-electron chi connectivity index (χ3n) is 4.73. The van der Waals surface area contributed by atoms with E-state index in [2.05, 4.69) is 46.2 Å². The van der Waals surface area contributed by atoms with Gasteiger partial charge in [0.15, 0.2) is 0 Å². The first kappa shape index (κ1) is 18.0. The average Bonchev–Trinajstić information content (AvgIpc) is 2.68. The maximum absolute atomic E-state index is 12.4. The van der Waals surface area contributed by atoms with Crippen LogP contribution in [0.3, 0.4) is 0 Å². The molecule has 0 aliphatic carbocycles. The number of carbonyl (C=O) groups excluding carboxylic acids is 1. The summed E-state index contributed by atoms with van der Waals surface area (Å²) >= 11 is 0. The molecule has 2 heterocycles. The predicted molar refractivity (Wildman–Crippen MR) is 108 cm³/mol. The molecule has 3 rings (SSSR count). The largest absolute Gasteiger partial charge is 0.372 e. The minimum absolute atomic E-state index is 0.160. The molecule has 1 saturated heterocycles. The maximum Gasteiger partial charge on any atom is 0.257 e. The number of anilines is 3. The molecule has 26 heavy (non-hydrogen) atoms. The number of benzene rings is 1. The summed E-state index contributed by atoms with van der Waals surface area (Å²) in [7, 11) is 0. The van der Waals surface area contributed by atoms with Crippen molar-refractivity contribution in [3.8, 4) is 0 Å². The lowest BCUT2D eigenvalue weighted by atomic mass is 9.99. The zero-order valence-electron chi connectivity index (χ0n) is 15.2. The Balaban J connectivity index is 1.58. The van der Waals surface area contributed by atoms with E-state index >= 15 is 0 Å². The van der Waals surface area contributed by atoms with Crippen molar-refractivity contribution in [3.05, 3.63) is 60.8 Å². The van der Waals surface area contributed by atoms with Crippen molar-refractivity contribution >= 4 is 23.1 Å². The van der Waals surface area contributed by atoms with E-state index in [4.69, 9.17) is 0 Å². The minimum Gasteiger partial charge on any atom is -0.372 e. The Labute approximate surface area is 155 Å².